The lowest BCUT2D eigenvalue weighted by Crippen LogP contribution is -2.24. The molecule has 21 heavy (non-hydrogen) atoms. The molecule has 0 saturated carbocycles. The first-order valence-electron chi connectivity index (χ1n) is 7.87. The lowest BCUT2D eigenvalue weighted by atomic mass is 10.1. The number of ether oxygens (including phenoxy) is 1. The summed E-state index contributed by atoms with van der Waals surface area (Å²) in [4.78, 5) is 4.86. The maximum atomic E-state index is 5.82. The van der Waals surface area contributed by atoms with Crippen LogP contribution < -0.4 is 10.1 Å². The molecular formula is C17H23N3O. The average molecular weight is 285 g/mol. The number of aryl methyl sites for hydroxylation is 1. The van der Waals surface area contributed by atoms with Crippen molar-refractivity contribution in [2.45, 2.75) is 39.7 Å². The molecule has 2 aromatic rings. The first-order valence-corrected chi connectivity index (χ1v) is 7.87. The molecule has 2 heterocycles. The smallest absolute Gasteiger partial charge is 0.143 e. The van der Waals surface area contributed by atoms with Gasteiger partial charge < -0.3 is 10.1 Å². The number of fused-ring (bicyclic) bond motifs is 1. The normalized spacial score (nSPS) is 14.0. The molecule has 0 aliphatic carbocycles. The summed E-state index contributed by atoms with van der Waals surface area (Å²) in [6, 6.07) is 8.27. The van der Waals surface area contributed by atoms with Gasteiger partial charge in [0.2, 0.25) is 0 Å². The second kappa shape index (κ2) is 6.31. The highest BCUT2D eigenvalue weighted by molar-refractivity contribution is 5.49. The summed E-state index contributed by atoms with van der Waals surface area (Å²) in [6.45, 7) is 6.79. The monoisotopic (exact) mass is 285 g/mol. The van der Waals surface area contributed by atoms with Crippen molar-refractivity contribution in [1.82, 2.24) is 14.9 Å². The quantitative estimate of drug-likeness (QED) is 0.918. The molecule has 3 rings (SSSR count). The lowest BCUT2D eigenvalue weighted by molar-refractivity contribution is 0.338. The van der Waals surface area contributed by atoms with E-state index in [-0.39, 0.29) is 0 Å². The second-order valence-electron chi connectivity index (χ2n) is 5.33. The Morgan fingerprint density at radius 3 is 2.95 bits per heavy atom. The minimum Gasteiger partial charge on any atom is -0.492 e. The molecule has 4 nitrogen and oxygen atoms in total. The Kier molecular flexibility index (Phi) is 4.25. The van der Waals surface area contributed by atoms with Crippen molar-refractivity contribution in [3.05, 3.63) is 41.5 Å². The van der Waals surface area contributed by atoms with Crippen LogP contribution in [0.15, 0.2) is 24.3 Å². The number of benzene rings is 1. The van der Waals surface area contributed by atoms with Gasteiger partial charge in [-0.2, -0.15) is 0 Å². The van der Waals surface area contributed by atoms with Gasteiger partial charge in [-0.25, -0.2) is 4.98 Å². The summed E-state index contributed by atoms with van der Waals surface area (Å²) in [5.74, 6) is 2.09. The van der Waals surface area contributed by atoms with E-state index in [1.54, 1.807) is 0 Å². The van der Waals surface area contributed by atoms with E-state index in [1.165, 1.54) is 11.4 Å². The Bertz CT molecular complexity index is 618. The fraction of sp³-hybridized carbons (Fsp3) is 0.471. The van der Waals surface area contributed by atoms with Gasteiger partial charge in [0.05, 0.1) is 18.0 Å². The predicted octanol–water partition coefficient (Wildman–Crippen LogP) is 2.87. The highest BCUT2D eigenvalue weighted by Gasteiger charge is 2.21. The molecular weight excluding hydrogens is 262 g/mol. The van der Waals surface area contributed by atoms with E-state index in [0.29, 0.717) is 6.61 Å². The van der Waals surface area contributed by atoms with Crippen molar-refractivity contribution in [1.29, 1.82) is 0 Å². The van der Waals surface area contributed by atoms with Crippen LogP contribution in [0, 0.1) is 0 Å². The van der Waals surface area contributed by atoms with Crippen molar-refractivity contribution in [3.63, 3.8) is 0 Å². The molecule has 0 unspecified atom stereocenters. The van der Waals surface area contributed by atoms with Crippen LogP contribution in [0.1, 0.15) is 37.5 Å². The molecule has 1 aromatic heterocycles. The van der Waals surface area contributed by atoms with Gasteiger partial charge >= 0.3 is 0 Å². The molecule has 1 aromatic carbocycles. The van der Waals surface area contributed by atoms with Crippen molar-refractivity contribution in [3.8, 4) is 11.4 Å². The molecule has 112 valence electrons. The van der Waals surface area contributed by atoms with E-state index in [9.17, 15) is 0 Å². The van der Waals surface area contributed by atoms with Gasteiger partial charge in [-0.15, -0.1) is 0 Å². The van der Waals surface area contributed by atoms with Gasteiger partial charge in [0.1, 0.15) is 11.6 Å². The third kappa shape index (κ3) is 2.68. The zero-order chi connectivity index (χ0) is 14.7. The Morgan fingerprint density at radius 2 is 2.14 bits per heavy atom. The lowest BCUT2D eigenvalue weighted by Gasteiger charge is -2.18. The number of nitrogens with zero attached hydrogens (tertiary/aromatic N) is 2. The number of nitrogens with one attached hydrogen (secondary N) is 1. The molecule has 1 aliphatic rings. The molecule has 1 aliphatic heterocycles. The molecule has 0 fully saturated rings. The van der Waals surface area contributed by atoms with Gasteiger partial charge in [-0.05, 0) is 25.5 Å². The van der Waals surface area contributed by atoms with E-state index in [1.807, 2.05) is 19.1 Å². The summed E-state index contributed by atoms with van der Waals surface area (Å²) in [6.07, 6.45) is 3.11. The van der Waals surface area contributed by atoms with Crippen LogP contribution in [0.2, 0.25) is 0 Å². The number of aromatic nitrogens is 2. The van der Waals surface area contributed by atoms with Gasteiger partial charge in [0.15, 0.2) is 0 Å². The molecule has 0 saturated heterocycles. The van der Waals surface area contributed by atoms with E-state index in [2.05, 4.69) is 28.9 Å². The summed E-state index contributed by atoms with van der Waals surface area (Å²) in [5.41, 5.74) is 3.65. The topological polar surface area (TPSA) is 39.1 Å². The summed E-state index contributed by atoms with van der Waals surface area (Å²) in [7, 11) is 0. The maximum absolute atomic E-state index is 5.82. The Morgan fingerprint density at radius 1 is 1.29 bits per heavy atom. The van der Waals surface area contributed by atoms with Crippen LogP contribution in [0.25, 0.3) is 5.69 Å². The highest BCUT2D eigenvalue weighted by Crippen LogP contribution is 2.29. The molecule has 0 bridgehead atoms. The van der Waals surface area contributed by atoms with Crippen LogP contribution in [0.5, 0.6) is 5.75 Å². The van der Waals surface area contributed by atoms with Crippen molar-refractivity contribution in [2.75, 3.05) is 13.2 Å². The zero-order valence-electron chi connectivity index (χ0n) is 12.9. The van der Waals surface area contributed by atoms with Crippen LogP contribution in [0.3, 0.4) is 0 Å². The largest absolute Gasteiger partial charge is 0.492 e. The molecule has 0 amide bonds. The number of para-hydroxylation sites is 2. The molecule has 0 spiro atoms. The predicted molar refractivity (Wildman–Crippen MR) is 84.1 cm³/mol. The highest BCUT2D eigenvalue weighted by atomic mass is 16.5. The van der Waals surface area contributed by atoms with Crippen LogP contribution in [-0.2, 0) is 19.4 Å². The van der Waals surface area contributed by atoms with Crippen molar-refractivity contribution >= 4 is 0 Å². The van der Waals surface area contributed by atoms with Gasteiger partial charge in [-0.3, -0.25) is 4.57 Å². The standard InChI is InChI=1S/C17H23N3O/c1-3-7-17-19-13-12-18-11-10-14(13)20(17)15-8-5-6-9-16(15)21-4-2/h5-6,8-9,18H,3-4,7,10-12H2,1-2H3. The zero-order valence-corrected chi connectivity index (χ0v) is 12.9. The Labute approximate surface area is 126 Å². The third-order valence-corrected chi connectivity index (χ3v) is 3.84. The first-order chi connectivity index (χ1) is 10.3. The number of hydrogen-bond acceptors (Lipinski definition) is 3. The first kappa shape index (κ1) is 14.1. The summed E-state index contributed by atoms with van der Waals surface area (Å²) in [5, 5.41) is 3.41. The van der Waals surface area contributed by atoms with Gasteiger partial charge in [0, 0.05) is 31.6 Å². The summed E-state index contributed by atoms with van der Waals surface area (Å²) < 4.78 is 8.14. The fourth-order valence-corrected chi connectivity index (χ4v) is 2.96. The minimum atomic E-state index is 0.679. The van der Waals surface area contributed by atoms with E-state index >= 15 is 0 Å². The van der Waals surface area contributed by atoms with Crippen molar-refractivity contribution < 1.29 is 4.74 Å². The molecule has 0 radical (unpaired) electrons. The minimum absolute atomic E-state index is 0.679. The van der Waals surface area contributed by atoms with Gasteiger partial charge in [-0.1, -0.05) is 19.1 Å². The van der Waals surface area contributed by atoms with Crippen LogP contribution >= 0.6 is 0 Å². The van der Waals surface area contributed by atoms with E-state index in [4.69, 9.17) is 9.72 Å². The second-order valence-corrected chi connectivity index (χ2v) is 5.33. The molecule has 0 atom stereocenters. The van der Waals surface area contributed by atoms with Crippen LogP contribution in [-0.4, -0.2) is 22.7 Å². The fourth-order valence-electron chi connectivity index (χ4n) is 2.96. The number of rotatable bonds is 5. The Balaban J connectivity index is 2.14. The van der Waals surface area contributed by atoms with E-state index in [0.717, 1.165) is 49.6 Å². The van der Waals surface area contributed by atoms with Crippen molar-refractivity contribution in [2.24, 2.45) is 0 Å². The number of imidazole rings is 1. The maximum Gasteiger partial charge on any atom is 0.143 e. The van der Waals surface area contributed by atoms with Gasteiger partial charge in [0.25, 0.3) is 0 Å². The molecule has 4 heteroatoms. The SMILES string of the molecule is CCCc1nc2c(n1-c1ccccc1OCC)CCNC2. The average Bonchev–Trinajstić information content (AvgIpc) is 2.86. The summed E-state index contributed by atoms with van der Waals surface area (Å²) >= 11 is 0. The molecule has 1 N–H and O–H groups in total. The Hall–Kier alpha value is -1.81. The number of hydrogen-bond donors (Lipinski definition) is 1. The van der Waals surface area contributed by atoms with E-state index < -0.39 is 0 Å². The third-order valence-electron chi connectivity index (χ3n) is 3.84. The van der Waals surface area contributed by atoms with Crippen LogP contribution in [0.4, 0.5) is 0 Å².